The Morgan fingerprint density at radius 2 is 2.15 bits per heavy atom. The molecule has 0 spiro atoms. The molecule has 3 rings (SSSR count). The number of hydrogen-bond acceptors (Lipinski definition) is 2. The molecule has 20 heavy (non-hydrogen) atoms. The quantitative estimate of drug-likeness (QED) is 0.797. The molecule has 2 aromatic rings. The largest absolute Gasteiger partial charge is 0.381 e. The zero-order chi connectivity index (χ0) is 14.1. The van der Waals surface area contributed by atoms with E-state index in [4.69, 9.17) is 21.3 Å². The standard InChI is InChI=1S/C16H21ClN2O/c1-11-4-3-5-14-16(11)18-15(10-17)19(14)12(2)13-6-8-20-9-7-13/h3-5,12-13H,6-10H2,1-2H3. The molecule has 0 aliphatic carbocycles. The van der Waals surface area contributed by atoms with Crippen molar-refractivity contribution in [3.05, 3.63) is 29.6 Å². The average Bonchev–Trinajstić information content (AvgIpc) is 2.87. The van der Waals surface area contributed by atoms with Gasteiger partial charge in [-0.2, -0.15) is 0 Å². The predicted octanol–water partition coefficient (Wildman–Crippen LogP) is 4.07. The topological polar surface area (TPSA) is 27.1 Å². The van der Waals surface area contributed by atoms with Crippen LogP contribution in [0.25, 0.3) is 11.0 Å². The first-order valence-corrected chi connectivity index (χ1v) is 7.86. The van der Waals surface area contributed by atoms with E-state index in [1.165, 1.54) is 11.1 Å². The summed E-state index contributed by atoms with van der Waals surface area (Å²) in [6, 6.07) is 6.78. The van der Waals surface area contributed by atoms with Crippen LogP contribution in [0.5, 0.6) is 0 Å². The van der Waals surface area contributed by atoms with Gasteiger partial charge in [0, 0.05) is 19.3 Å². The van der Waals surface area contributed by atoms with Gasteiger partial charge in [-0.05, 0) is 44.2 Å². The average molecular weight is 293 g/mol. The summed E-state index contributed by atoms with van der Waals surface area (Å²) in [7, 11) is 0. The minimum absolute atomic E-state index is 0.416. The number of para-hydroxylation sites is 1. The lowest BCUT2D eigenvalue weighted by Gasteiger charge is -2.30. The molecule has 1 saturated heterocycles. The van der Waals surface area contributed by atoms with Crippen molar-refractivity contribution in [1.82, 2.24) is 9.55 Å². The molecule has 0 N–H and O–H groups in total. The number of halogens is 1. The molecular weight excluding hydrogens is 272 g/mol. The number of benzene rings is 1. The van der Waals surface area contributed by atoms with E-state index in [-0.39, 0.29) is 0 Å². The summed E-state index contributed by atoms with van der Waals surface area (Å²) in [6.45, 7) is 6.14. The molecule has 4 heteroatoms. The van der Waals surface area contributed by atoms with Crippen molar-refractivity contribution in [1.29, 1.82) is 0 Å². The molecule has 108 valence electrons. The lowest BCUT2D eigenvalue weighted by atomic mass is 9.92. The van der Waals surface area contributed by atoms with Crippen LogP contribution < -0.4 is 0 Å². The molecule has 1 aromatic carbocycles. The van der Waals surface area contributed by atoms with E-state index >= 15 is 0 Å². The fourth-order valence-electron chi connectivity index (χ4n) is 3.26. The van der Waals surface area contributed by atoms with Crippen LogP contribution in [0.2, 0.25) is 0 Å². The summed E-state index contributed by atoms with van der Waals surface area (Å²) in [5.41, 5.74) is 3.51. The molecule has 1 aliphatic heterocycles. The highest BCUT2D eigenvalue weighted by atomic mass is 35.5. The van der Waals surface area contributed by atoms with Gasteiger partial charge in [-0.15, -0.1) is 11.6 Å². The maximum Gasteiger partial charge on any atom is 0.125 e. The van der Waals surface area contributed by atoms with Crippen molar-refractivity contribution in [2.24, 2.45) is 5.92 Å². The maximum atomic E-state index is 6.13. The Bertz CT molecular complexity index is 602. The lowest BCUT2D eigenvalue weighted by Crippen LogP contribution is -2.25. The first-order valence-electron chi connectivity index (χ1n) is 7.32. The first kappa shape index (κ1) is 13.9. The Morgan fingerprint density at radius 1 is 1.40 bits per heavy atom. The molecule has 0 radical (unpaired) electrons. The minimum Gasteiger partial charge on any atom is -0.381 e. The summed E-state index contributed by atoms with van der Waals surface area (Å²) >= 11 is 6.13. The van der Waals surface area contributed by atoms with Crippen molar-refractivity contribution in [2.45, 2.75) is 38.6 Å². The van der Waals surface area contributed by atoms with Crippen molar-refractivity contribution in [3.8, 4) is 0 Å². The van der Waals surface area contributed by atoms with Gasteiger partial charge in [-0.3, -0.25) is 0 Å². The molecule has 0 amide bonds. The fraction of sp³-hybridized carbons (Fsp3) is 0.562. The summed E-state index contributed by atoms with van der Waals surface area (Å²) in [5, 5.41) is 0. The predicted molar refractivity (Wildman–Crippen MR) is 82.3 cm³/mol. The van der Waals surface area contributed by atoms with Gasteiger partial charge in [0.25, 0.3) is 0 Å². The number of fused-ring (bicyclic) bond motifs is 1. The Kier molecular flexibility index (Phi) is 3.99. The summed E-state index contributed by atoms with van der Waals surface area (Å²) in [6.07, 6.45) is 2.24. The van der Waals surface area contributed by atoms with E-state index in [0.29, 0.717) is 17.8 Å². The van der Waals surface area contributed by atoms with Crippen LogP contribution in [0, 0.1) is 12.8 Å². The number of aryl methyl sites for hydroxylation is 1. The van der Waals surface area contributed by atoms with E-state index < -0.39 is 0 Å². The SMILES string of the molecule is Cc1cccc2c1nc(CCl)n2C(C)C1CCOCC1. The van der Waals surface area contributed by atoms with Gasteiger partial charge in [-0.25, -0.2) is 4.98 Å². The summed E-state index contributed by atoms with van der Waals surface area (Å²) < 4.78 is 7.82. The molecule has 1 unspecified atom stereocenters. The van der Waals surface area contributed by atoms with Gasteiger partial charge >= 0.3 is 0 Å². The number of hydrogen-bond donors (Lipinski definition) is 0. The fourth-order valence-corrected chi connectivity index (χ4v) is 3.45. The van der Waals surface area contributed by atoms with Gasteiger partial charge in [0.2, 0.25) is 0 Å². The van der Waals surface area contributed by atoms with Crippen LogP contribution in [-0.2, 0) is 10.6 Å². The monoisotopic (exact) mass is 292 g/mol. The zero-order valence-electron chi connectivity index (χ0n) is 12.1. The van der Waals surface area contributed by atoms with Crippen molar-refractivity contribution in [2.75, 3.05) is 13.2 Å². The molecule has 1 aliphatic rings. The number of aromatic nitrogens is 2. The number of nitrogens with zero attached hydrogens (tertiary/aromatic N) is 2. The van der Waals surface area contributed by atoms with Crippen LogP contribution in [0.1, 0.15) is 37.2 Å². The second-order valence-electron chi connectivity index (χ2n) is 5.66. The Hall–Kier alpha value is -1.06. The molecule has 2 heterocycles. The third-order valence-corrected chi connectivity index (χ3v) is 4.71. The summed E-state index contributed by atoms with van der Waals surface area (Å²) in [4.78, 5) is 4.75. The van der Waals surface area contributed by atoms with Gasteiger partial charge in [0.15, 0.2) is 0 Å². The minimum atomic E-state index is 0.416. The Balaban J connectivity index is 2.06. The van der Waals surface area contributed by atoms with Crippen LogP contribution in [0.3, 0.4) is 0 Å². The van der Waals surface area contributed by atoms with Crippen LogP contribution >= 0.6 is 11.6 Å². The van der Waals surface area contributed by atoms with E-state index in [1.54, 1.807) is 0 Å². The normalized spacial score (nSPS) is 18.6. The lowest BCUT2D eigenvalue weighted by molar-refractivity contribution is 0.0516. The Labute approximate surface area is 124 Å². The highest BCUT2D eigenvalue weighted by Crippen LogP contribution is 2.32. The van der Waals surface area contributed by atoms with E-state index in [9.17, 15) is 0 Å². The van der Waals surface area contributed by atoms with Crippen molar-refractivity contribution < 1.29 is 4.74 Å². The zero-order valence-corrected chi connectivity index (χ0v) is 12.9. The van der Waals surface area contributed by atoms with Crippen LogP contribution in [-0.4, -0.2) is 22.8 Å². The third-order valence-electron chi connectivity index (χ3n) is 4.47. The second-order valence-corrected chi connectivity index (χ2v) is 5.93. The molecular formula is C16H21ClN2O. The third kappa shape index (κ3) is 2.33. The van der Waals surface area contributed by atoms with Crippen LogP contribution in [0.15, 0.2) is 18.2 Å². The van der Waals surface area contributed by atoms with Gasteiger partial charge in [0.1, 0.15) is 5.82 Å². The van der Waals surface area contributed by atoms with E-state index in [1.807, 2.05) is 0 Å². The van der Waals surface area contributed by atoms with Crippen molar-refractivity contribution >= 4 is 22.6 Å². The van der Waals surface area contributed by atoms with Gasteiger partial charge in [0.05, 0.1) is 16.9 Å². The molecule has 1 fully saturated rings. The Morgan fingerprint density at radius 3 is 2.85 bits per heavy atom. The number of ether oxygens (including phenoxy) is 1. The number of rotatable bonds is 3. The van der Waals surface area contributed by atoms with E-state index in [0.717, 1.165) is 37.4 Å². The second kappa shape index (κ2) is 5.74. The molecule has 0 bridgehead atoms. The van der Waals surface area contributed by atoms with Gasteiger partial charge in [-0.1, -0.05) is 12.1 Å². The summed E-state index contributed by atoms with van der Waals surface area (Å²) in [5.74, 6) is 2.08. The molecule has 3 nitrogen and oxygen atoms in total. The van der Waals surface area contributed by atoms with Crippen LogP contribution in [0.4, 0.5) is 0 Å². The highest BCUT2D eigenvalue weighted by molar-refractivity contribution is 6.16. The number of imidazole rings is 1. The first-order chi connectivity index (χ1) is 9.72. The maximum absolute atomic E-state index is 6.13. The van der Waals surface area contributed by atoms with Gasteiger partial charge < -0.3 is 9.30 Å². The smallest absolute Gasteiger partial charge is 0.125 e. The highest BCUT2D eigenvalue weighted by Gasteiger charge is 2.25. The number of alkyl halides is 1. The van der Waals surface area contributed by atoms with Crippen molar-refractivity contribution in [3.63, 3.8) is 0 Å². The molecule has 1 aromatic heterocycles. The molecule has 1 atom stereocenters. The molecule has 0 saturated carbocycles. The van der Waals surface area contributed by atoms with E-state index in [2.05, 4.69) is 36.6 Å².